The lowest BCUT2D eigenvalue weighted by molar-refractivity contribution is -0.116. The van der Waals surface area contributed by atoms with Crippen LogP contribution in [0.3, 0.4) is 0 Å². The lowest BCUT2D eigenvalue weighted by Crippen LogP contribution is -2.27. The molecule has 0 saturated carbocycles. The summed E-state index contributed by atoms with van der Waals surface area (Å²) in [5, 5.41) is 13.4. The van der Waals surface area contributed by atoms with E-state index in [0.717, 1.165) is 55.9 Å². The number of fused-ring (bicyclic) bond motifs is 1. The zero-order valence-corrected chi connectivity index (χ0v) is 18.4. The second-order valence-electron chi connectivity index (χ2n) is 8.02. The number of aryl methyl sites for hydroxylation is 1. The van der Waals surface area contributed by atoms with Crippen LogP contribution in [0.25, 0.3) is 0 Å². The summed E-state index contributed by atoms with van der Waals surface area (Å²) in [5.74, 6) is 0.902. The Morgan fingerprint density at radius 3 is 2.83 bits per heavy atom. The molecule has 6 heteroatoms. The molecule has 2 heterocycles. The lowest BCUT2D eigenvalue weighted by atomic mass is 9.96. The fraction of sp³-hybridized carbons (Fsp3) is 0.500. The second-order valence-corrected chi connectivity index (χ2v) is 9.13. The van der Waals surface area contributed by atoms with Gasteiger partial charge < -0.3 is 10.1 Å². The summed E-state index contributed by atoms with van der Waals surface area (Å²) in [4.78, 5) is 16.3. The third kappa shape index (κ3) is 4.53. The van der Waals surface area contributed by atoms with Gasteiger partial charge >= 0.3 is 0 Å². The van der Waals surface area contributed by atoms with Crippen LogP contribution in [-0.4, -0.2) is 30.5 Å². The van der Waals surface area contributed by atoms with Gasteiger partial charge in [-0.3, -0.25) is 9.69 Å². The first kappa shape index (κ1) is 20.9. The number of carbonyl (C=O) groups is 1. The van der Waals surface area contributed by atoms with Crippen molar-refractivity contribution in [3.63, 3.8) is 0 Å². The van der Waals surface area contributed by atoms with Gasteiger partial charge in [0, 0.05) is 23.9 Å². The monoisotopic (exact) mass is 423 g/mol. The maximum Gasteiger partial charge on any atom is 0.226 e. The molecule has 1 unspecified atom stereocenters. The molecule has 30 heavy (non-hydrogen) atoms. The van der Waals surface area contributed by atoms with Crippen molar-refractivity contribution >= 4 is 22.2 Å². The predicted molar refractivity (Wildman–Crippen MR) is 120 cm³/mol. The highest BCUT2D eigenvalue weighted by Crippen LogP contribution is 2.38. The molecule has 1 N–H and O–H groups in total. The molecule has 1 aromatic carbocycles. The topological polar surface area (TPSA) is 65.4 Å². The number of hydrogen-bond donors (Lipinski definition) is 1. The van der Waals surface area contributed by atoms with Crippen molar-refractivity contribution in [1.82, 2.24) is 4.90 Å². The Bertz CT molecular complexity index is 929. The molecule has 2 aliphatic rings. The maximum absolute atomic E-state index is 12.7. The van der Waals surface area contributed by atoms with Crippen LogP contribution in [0.2, 0.25) is 0 Å². The highest BCUT2D eigenvalue weighted by atomic mass is 32.1. The average molecular weight is 424 g/mol. The number of amides is 1. The van der Waals surface area contributed by atoms with Gasteiger partial charge in [0.1, 0.15) is 16.8 Å². The van der Waals surface area contributed by atoms with E-state index in [1.54, 1.807) is 11.3 Å². The molecule has 1 fully saturated rings. The van der Waals surface area contributed by atoms with Crippen molar-refractivity contribution in [2.75, 3.05) is 25.0 Å². The number of nitrogens with one attached hydrogen (secondary N) is 1. The smallest absolute Gasteiger partial charge is 0.226 e. The van der Waals surface area contributed by atoms with E-state index in [-0.39, 0.29) is 5.91 Å². The number of nitriles is 1. The van der Waals surface area contributed by atoms with Crippen LogP contribution >= 0.6 is 11.3 Å². The standard InChI is InChI=1S/C24H29N3O2S/c1-2-29-18-11-9-17(10-12-18)21-7-5-14-27(21)15-13-23(28)26-24-20(16-25)19-6-3-4-8-22(19)30-24/h9-12,21H,2-8,13-15H2,1H3,(H,26,28). The molecule has 4 rings (SSSR count). The van der Waals surface area contributed by atoms with Crippen LogP contribution in [0.5, 0.6) is 5.75 Å². The summed E-state index contributed by atoms with van der Waals surface area (Å²) in [6, 6.07) is 11.0. The first-order valence-electron chi connectivity index (χ1n) is 11.0. The minimum Gasteiger partial charge on any atom is -0.494 e. The van der Waals surface area contributed by atoms with E-state index < -0.39 is 0 Å². The molecule has 5 nitrogen and oxygen atoms in total. The Labute approximate surface area is 182 Å². The van der Waals surface area contributed by atoms with Gasteiger partial charge in [-0.2, -0.15) is 5.26 Å². The molecule has 0 radical (unpaired) electrons. The molecular weight excluding hydrogens is 394 g/mol. The van der Waals surface area contributed by atoms with E-state index >= 15 is 0 Å². The van der Waals surface area contributed by atoms with E-state index in [2.05, 4.69) is 28.4 Å². The average Bonchev–Trinajstić information content (AvgIpc) is 3.37. The molecule has 0 spiro atoms. The van der Waals surface area contributed by atoms with Gasteiger partial charge in [0.25, 0.3) is 0 Å². The number of anilines is 1. The number of nitrogens with zero attached hydrogens (tertiary/aromatic N) is 2. The summed E-state index contributed by atoms with van der Waals surface area (Å²) < 4.78 is 5.55. The highest BCUT2D eigenvalue weighted by Gasteiger charge is 2.27. The minimum atomic E-state index is 0.00226. The molecule has 1 amide bonds. The third-order valence-corrected chi connectivity index (χ3v) is 7.31. The van der Waals surface area contributed by atoms with E-state index in [1.165, 1.54) is 22.4 Å². The number of likely N-dealkylation sites (tertiary alicyclic amines) is 1. The van der Waals surface area contributed by atoms with E-state index in [1.807, 2.05) is 19.1 Å². The Kier molecular flexibility index (Phi) is 6.71. The number of hydrogen-bond acceptors (Lipinski definition) is 5. The van der Waals surface area contributed by atoms with Crippen molar-refractivity contribution in [2.45, 2.75) is 57.9 Å². The molecule has 1 atom stereocenters. The number of carbonyl (C=O) groups excluding carboxylic acids is 1. The van der Waals surface area contributed by atoms with Gasteiger partial charge in [0.05, 0.1) is 12.2 Å². The van der Waals surface area contributed by atoms with E-state index in [4.69, 9.17) is 4.74 Å². The van der Waals surface area contributed by atoms with Gasteiger partial charge in [-0.1, -0.05) is 12.1 Å². The van der Waals surface area contributed by atoms with Crippen LogP contribution in [-0.2, 0) is 17.6 Å². The van der Waals surface area contributed by atoms with Gasteiger partial charge in [0.2, 0.25) is 5.91 Å². The van der Waals surface area contributed by atoms with Crippen molar-refractivity contribution in [2.24, 2.45) is 0 Å². The Balaban J connectivity index is 1.35. The van der Waals surface area contributed by atoms with Crippen molar-refractivity contribution in [1.29, 1.82) is 5.26 Å². The zero-order chi connectivity index (χ0) is 20.9. The van der Waals surface area contributed by atoms with Crippen LogP contribution in [0.1, 0.15) is 66.6 Å². The minimum absolute atomic E-state index is 0.00226. The summed E-state index contributed by atoms with van der Waals surface area (Å²) in [5.41, 5.74) is 3.14. The van der Waals surface area contributed by atoms with Crippen LogP contribution < -0.4 is 10.1 Å². The Morgan fingerprint density at radius 2 is 2.07 bits per heavy atom. The fourth-order valence-corrected chi connectivity index (χ4v) is 5.89. The highest BCUT2D eigenvalue weighted by molar-refractivity contribution is 7.16. The predicted octanol–water partition coefficient (Wildman–Crippen LogP) is 5.06. The Morgan fingerprint density at radius 1 is 1.27 bits per heavy atom. The molecule has 158 valence electrons. The largest absolute Gasteiger partial charge is 0.494 e. The molecule has 1 saturated heterocycles. The molecular formula is C24H29N3O2S. The summed E-state index contributed by atoms with van der Waals surface area (Å²) in [6.07, 6.45) is 7.01. The molecule has 1 aliphatic carbocycles. The summed E-state index contributed by atoms with van der Waals surface area (Å²) in [6.45, 7) is 4.41. The van der Waals surface area contributed by atoms with Gasteiger partial charge in [-0.15, -0.1) is 11.3 Å². The van der Waals surface area contributed by atoms with Gasteiger partial charge in [-0.25, -0.2) is 0 Å². The van der Waals surface area contributed by atoms with Gasteiger partial charge in [0.15, 0.2) is 0 Å². The number of rotatable bonds is 7. The van der Waals surface area contributed by atoms with Gasteiger partial charge in [-0.05, 0) is 75.3 Å². The fourth-order valence-electron chi connectivity index (χ4n) is 4.63. The van der Waals surface area contributed by atoms with Crippen LogP contribution in [0.15, 0.2) is 24.3 Å². The molecule has 2 aromatic rings. The number of ether oxygens (including phenoxy) is 1. The first-order chi connectivity index (χ1) is 14.7. The SMILES string of the molecule is CCOc1ccc(C2CCCN2CCC(=O)Nc2sc3c(c2C#N)CCCC3)cc1. The molecule has 1 aromatic heterocycles. The summed E-state index contributed by atoms with van der Waals surface area (Å²) >= 11 is 1.60. The van der Waals surface area contributed by atoms with Crippen molar-refractivity contribution in [3.8, 4) is 11.8 Å². The normalized spacial score (nSPS) is 18.6. The zero-order valence-electron chi connectivity index (χ0n) is 17.6. The van der Waals surface area contributed by atoms with Crippen molar-refractivity contribution in [3.05, 3.63) is 45.8 Å². The Hall–Kier alpha value is -2.36. The number of benzene rings is 1. The lowest BCUT2D eigenvalue weighted by Gasteiger charge is -2.24. The first-order valence-corrected chi connectivity index (χ1v) is 11.8. The molecule has 1 aliphatic heterocycles. The second kappa shape index (κ2) is 9.63. The molecule has 0 bridgehead atoms. The summed E-state index contributed by atoms with van der Waals surface area (Å²) in [7, 11) is 0. The van der Waals surface area contributed by atoms with Crippen molar-refractivity contribution < 1.29 is 9.53 Å². The van der Waals surface area contributed by atoms with Crippen LogP contribution in [0, 0.1) is 11.3 Å². The number of thiophene rings is 1. The van der Waals surface area contributed by atoms with E-state index in [9.17, 15) is 10.1 Å². The van der Waals surface area contributed by atoms with E-state index in [0.29, 0.717) is 24.6 Å². The third-order valence-electron chi connectivity index (χ3n) is 6.10. The maximum atomic E-state index is 12.7. The van der Waals surface area contributed by atoms with Crippen LogP contribution in [0.4, 0.5) is 5.00 Å². The quantitative estimate of drug-likeness (QED) is 0.676.